The number of likely N-dealkylation sites (tertiary alicyclic amines) is 1. The number of carbonyl (C=O) groups excluding carboxylic acids is 1. The minimum atomic E-state index is 0.107. The van der Waals surface area contributed by atoms with E-state index < -0.39 is 0 Å². The first-order valence-corrected chi connectivity index (χ1v) is 7.89. The van der Waals surface area contributed by atoms with Gasteiger partial charge in [0.1, 0.15) is 0 Å². The van der Waals surface area contributed by atoms with Gasteiger partial charge in [-0.25, -0.2) is 0 Å². The van der Waals surface area contributed by atoms with Crippen molar-refractivity contribution in [2.75, 3.05) is 24.6 Å². The molecule has 0 saturated carbocycles. The molecule has 1 N–H and O–H groups in total. The normalized spacial score (nSPS) is 23.0. The third-order valence-corrected chi connectivity index (χ3v) is 4.41. The molecule has 0 spiro atoms. The van der Waals surface area contributed by atoms with Gasteiger partial charge >= 0.3 is 0 Å². The minimum absolute atomic E-state index is 0.107. The van der Waals surface area contributed by atoms with Gasteiger partial charge in [-0.15, -0.1) is 0 Å². The Balaban J connectivity index is 2.08. The van der Waals surface area contributed by atoms with E-state index in [2.05, 4.69) is 11.8 Å². The number of aliphatic hydroxyl groups is 1. The average molecular weight is 290 g/mol. The van der Waals surface area contributed by atoms with Gasteiger partial charge < -0.3 is 10.0 Å². The lowest BCUT2D eigenvalue weighted by Crippen LogP contribution is -2.52. The molecular weight excluding hydrogens is 264 g/mol. The summed E-state index contributed by atoms with van der Waals surface area (Å²) in [4.78, 5) is 16.6. The van der Waals surface area contributed by atoms with E-state index in [1.54, 1.807) is 0 Å². The van der Waals surface area contributed by atoms with Crippen molar-refractivity contribution in [3.05, 3.63) is 30.3 Å². The Morgan fingerprint density at radius 1 is 1.33 bits per heavy atom. The highest BCUT2D eigenvalue weighted by atomic mass is 16.3. The van der Waals surface area contributed by atoms with Crippen molar-refractivity contribution in [1.82, 2.24) is 4.90 Å². The molecule has 1 fully saturated rings. The van der Waals surface area contributed by atoms with Crippen LogP contribution in [-0.4, -0.2) is 47.7 Å². The summed E-state index contributed by atoms with van der Waals surface area (Å²) in [6.45, 7) is 5.32. The quantitative estimate of drug-likeness (QED) is 0.905. The van der Waals surface area contributed by atoms with E-state index in [1.165, 1.54) is 0 Å². The standard InChI is InChI=1S/C17H26N2O2/c1-3-18(15-9-5-4-6-10-15)17(21)12-19-14(2)8-7-11-16(19)13-20/h4-6,9-10,14,16,20H,3,7-8,11-13H2,1-2H3. The van der Waals surface area contributed by atoms with Gasteiger partial charge in [0.05, 0.1) is 13.2 Å². The number of anilines is 1. The molecule has 1 aromatic rings. The van der Waals surface area contributed by atoms with Crippen molar-refractivity contribution >= 4 is 11.6 Å². The lowest BCUT2D eigenvalue weighted by molar-refractivity contribution is -0.121. The van der Waals surface area contributed by atoms with Crippen LogP contribution in [0.2, 0.25) is 0 Å². The van der Waals surface area contributed by atoms with Crippen molar-refractivity contribution < 1.29 is 9.90 Å². The van der Waals surface area contributed by atoms with Crippen molar-refractivity contribution in [3.8, 4) is 0 Å². The number of benzene rings is 1. The fourth-order valence-electron chi connectivity index (χ4n) is 3.17. The van der Waals surface area contributed by atoms with Gasteiger partial charge in [-0.3, -0.25) is 9.69 Å². The first-order chi connectivity index (χ1) is 10.2. The van der Waals surface area contributed by atoms with Crippen molar-refractivity contribution in [1.29, 1.82) is 0 Å². The maximum atomic E-state index is 12.7. The molecular formula is C17H26N2O2. The molecule has 1 saturated heterocycles. The van der Waals surface area contributed by atoms with Crippen LogP contribution in [0.4, 0.5) is 5.69 Å². The van der Waals surface area contributed by atoms with Gasteiger partial charge in [-0.05, 0) is 38.8 Å². The summed E-state index contributed by atoms with van der Waals surface area (Å²) in [7, 11) is 0. The highest BCUT2D eigenvalue weighted by molar-refractivity contribution is 5.94. The number of nitrogens with zero attached hydrogens (tertiary/aromatic N) is 2. The van der Waals surface area contributed by atoms with Gasteiger partial charge in [0.15, 0.2) is 0 Å². The molecule has 0 aliphatic carbocycles. The number of rotatable bonds is 5. The van der Waals surface area contributed by atoms with Gasteiger partial charge in [0.2, 0.25) is 5.91 Å². The molecule has 2 unspecified atom stereocenters. The first-order valence-electron chi connectivity index (χ1n) is 7.89. The van der Waals surface area contributed by atoms with E-state index in [0.717, 1.165) is 24.9 Å². The highest BCUT2D eigenvalue weighted by Gasteiger charge is 2.30. The maximum absolute atomic E-state index is 12.7. The second kappa shape index (κ2) is 7.57. The molecule has 4 heteroatoms. The highest BCUT2D eigenvalue weighted by Crippen LogP contribution is 2.23. The lowest BCUT2D eigenvalue weighted by Gasteiger charge is -2.40. The lowest BCUT2D eigenvalue weighted by atomic mass is 9.97. The number of para-hydroxylation sites is 1. The molecule has 21 heavy (non-hydrogen) atoms. The second-order valence-corrected chi connectivity index (χ2v) is 5.76. The summed E-state index contributed by atoms with van der Waals surface area (Å²) < 4.78 is 0. The van der Waals surface area contributed by atoms with E-state index in [0.29, 0.717) is 19.1 Å². The topological polar surface area (TPSA) is 43.8 Å². The van der Waals surface area contributed by atoms with Gasteiger partial charge in [0, 0.05) is 24.3 Å². The number of aliphatic hydroxyl groups excluding tert-OH is 1. The zero-order chi connectivity index (χ0) is 15.2. The predicted molar refractivity (Wildman–Crippen MR) is 85.4 cm³/mol. The molecule has 0 aromatic heterocycles. The van der Waals surface area contributed by atoms with Crippen LogP contribution in [0.25, 0.3) is 0 Å². The third-order valence-electron chi connectivity index (χ3n) is 4.41. The fourth-order valence-corrected chi connectivity index (χ4v) is 3.17. The molecule has 1 amide bonds. The summed E-state index contributed by atoms with van der Waals surface area (Å²) in [5.41, 5.74) is 0.940. The molecule has 1 heterocycles. The third kappa shape index (κ3) is 3.83. The molecule has 0 bridgehead atoms. The van der Waals surface area contributed by atoms with Crippen molar-refractivity contribution in [2.45, 2.75) is 45.2 Å². The summed E-state index contributed by atoms with van der Waals surface area (Å²) in [5.74, 6) is 0.107. The van der Waals surface area contributed by atoms with Crippen LogP contribution in [0, 0.1) is 0 Å². The maximum Gasteiger partial charge on any atom is 0.241 e. The number of likely N-dealkylation sites (N-methyl/N-ethyl adjacent to an activating group) is 1. The Morgan fingerprint density at radius 3 is 2.67 bits per heavy atom. The van der Waals surface area contributed by atoms with Gasteiger partial charge in [-0.2, -0.15) is 0 Å². The Kier molecular flexibility index (Phi) is 5.76. The fraction of sp³-hybridized carbons (Fsp3) is 0.588. The van der Waals surface area contributed by atoms with Gasteiger partial charge in [-0.1, -0.05) is 24.6 Å². The van der Waals surface area contributed by atoms with Crippen LogP contribution in [0.3, 0.4) is 0 Å². The number of amides is 1. The summed E-state index contributed by atoms with van der Waals surface area (Å²) in [6, 6.07) is 10.3. The largest absolute Gasteiger partial charge is 0.395 e. The number of piperidine rings is 1. The summed E-state index contributed by atoms with van der Waals surface area (Å²) in [6.07, 6.45) is 3.21. The van der Waals surface area contributed by atoms with E-state index in [9.17, 15) is 9.90 Å². The molecule has 1 aromatic carbocycles. The van der Waals surface area contributed by atoms with Crippen LogP contribution in [0.5, 0.6) is 0 Å². The number of hydrogen-bond donors (Lipinski definition) is 1. The Labute approximate surface area is 127 Å². The molecule has 2 rings (SSSR count). The average Bonchev–Trinajstić information content (AvgIpc) is 2.51. The molecule has 116 valence electrons. The molecule has 4 nitrogen and oxygen atoms in total. The summed E-state index contributed by atoms with van der Waals surface area (Å²) in [5, 5.41) is 9.54. The van der Waals surface area contributed by atoms with Crippen molar-refractivity contribution in [3.63, 3.8) is 0 Å². The molecule has 1 aliphatic rings. The second-order valence-electron chi connectivity index (χ2n) is 5.76. The number of hydrogen-bond acceptors (Lipinski definition) is 3. The van der Waals surface area contributed by atoms with E-state index in [1.807, 2.05) is 42.2 Å². The SMILES string of the molecule is CCN(C(=O)CN1C(C)CCCC1CO)c1ccccc1. The predicted octanol–water partition coefficient (Wildman–Crippen LogP) is 2.27. The summed E-state index contributed by atoms with van der Waals surface area (Å²) >= 11 is 0. The molecule has 1 aliphatic heterocycles. The van der Waals surface area contributed by atoms with Crippen LogP contribution < -0.4 is 4.90 Å². The Hall–Kier alpha value is -1.39. The Bertz CT molecular complexity index is 449. The molecule has 2 atom stereocenters. The van der Waals surface area contributed by atoms with Crippen LogP contribution in [0.15, 0.2) is 30.3 Å². The van der Waals surface area contributed by atoms with Crippen LogP contribution in [-0.2, 0) is 4.79 Å². The number of carbonyl (C=O) groups is 1. The van der Waals surface area contributed by atoms with E-state index in [-0.39, 0.29) is 18.6 Å². The monoisotopic (exact) mass is 290 g/mol. The van der Waals surface area contributed by atoms with Crippen LogP contribution >= 0.6 is 0 Å². The van der Waals surface area contributed by atoms with Crippen LogP contribution in [0.1, 0.15) is 33.1 Å². The smallest absolute Gasteiger partial charge is 0.241 e. The zero-order valence-corrected chi connectivity index (χ0v) is 13.0. The first kappa shape index (κ1) is 16.0. The van der Waals surface area contributed by atoms with Gasteiger partial charge in [0.25, 0.3) is 0 Å². The Morgan fingerprint density at radius 2 is 2.05 bits per heavy atom. The van der Waals surface area contributed by atoms with E-state index >= 15 is 0 Å². The zero-order valence-electron chi connectivity index (χ0n) is 13.0. The van der Waals surface area contributed by atoms with Crippen molar-refractivity contribution in [2.24, 2.45) is 0 Å². The van der Waals surface area contributed by atoms with E-state index in [4.69, 9.17) is 0 Å². The minimum Gasteiger partial charge on any atom is -0.395 e. The molecule has 0 radical (unpaired) electrons.